The van der Waals surface area contributed by atoms with E-state index >= 15 is 0 Å². The van der Waals surface area contributed by atoms with Gasteiger partial charge in [-0.15, -0.1) is 0 Å². The standard InChI is InChI=1S/C17H15Cl2NO/c18-14-9-4-8-13(16(14)19)17(21)20-11-5-10-15(20)12-6-2-1-3-7-12/h1-4,6-9,15H,5,10-11H2. The first-order valence-electron chi connectivity index (χ1n) is 6.98. The maximum Gasteiger partial charge on any atom is 0.255 e. The molecule has 108 valence electrons. The molecule has 3 rings (SSSR count). The SMILES string of the molecule is O=C(c1cccc(Cl)c1Cl)N1CCCC1c1ccccc1. The fraction of sp³-hybridized carbons (Fsp3) is 0.235. The van der Waals surface area contributed by atoms with Crippen molar-refractivity contribution in [2.45, 2.75) is 18.9 Å². The molecule has 1 saturated heterocycles. The maximum absolute atomic E-state index is 12.8. The Kier molecular flexibility index (Phi) is 4.18. The summed E-state index contributed by atoms with van der Waals surface area (Å²) in [6.07, 6.45) is 1.98. The molecule has 0 N–H and O–H groups in total. The molecule has 2 aromatic rings. The van der Waals surface area contributed by atoms with Gasteiger partial charge in [0.1, 0.15) is 0 Å². The zero-order valence-corrected chi connectivity index (χ0v) is 12.9. The van der Waals surface area contributed by atoms with E-state index in [1.54, 1.807) is 18.2 Å². The van der Waals surface area contributed by atoms with Gasteiger partial charge < -0.3 is 4.90 Å². The predicted molar refractivity (Wildman–Crippen MR) is 85.9 cm³/mol. The van der Waals surface area contributed by atoms with E-state index < -0.39 is 0 Å². The lowest BCUT2D eigenvalue weighted by Gasteiger charge is -2.25. The molecule has 1 atom stereocenters. The van der Waals surface area contributed by atoms with Crippen LogP contribution < -0.4 is 0 Å². The smallest absolute Gasteiger partial charge is 0.255 e. The number of carbonyl (C=O) groups is 1. The number of benzene rings is 2. The van der Waals surface area contributed by atoms with Crippen molar-refractivity contribution in [2.24, 2.45) is 0 Å². The molecule has 2 nitrogen and oxygen atoms in total. The van der Waals surface area contributed by atoms with Gasteiger partial charge in [0, 0.05) is 6.54 Å². The van der Waals surface area contributed by atoms with Crippen molar-refractivity contribution in [1.82, 2.24) is 4.90 Å². The van der Waals surface area contributed by atoms with Crippen LogP contribution in [0.25, 0.3) is 0 Å². The Morgan fingerprint density at radius 1 is 1.05 bits per heavy atom. The van der Waals surface area contributed by atoms with Gasteiger partial charge >= 0.3 is 0 Å². The average molecular weight is 320 g/mol. The Labute approximate surface area is 134 Å². The number of hydrogen-bond donors (Lipinski definition) is 0. The summed E-state index contributed by atoms with van der Waals surface area (Å²) >= 11 is 12.2. The van der Waals surface area contributed by atoms with Crippen molar-refractivity contribution in [3.63, 3.8) is 0 Å². The minimum Gasteiger partial charge on any atom is -0.332 e. The highest BCUT2D eigenvalue weighted by Gasteiger charge is 2.31. The minimum absolute atomic E-state index is 0.0474. The van der Waals surface area contributed by atoms with Crippen LogP contribution in [0.3, 0.4) is 0 Å². The number of rotatable bonds is 2. The number of likely N-dealkylation sites (tertiary alicyclic amines) is 1. The summed E-state index contributed by atoms with van der Waals surface area (Å²) in [5.74, 6) is -0.0474. The second-order valence-electron chi connectivity index (χ2n) is 5.17. The topological polar surface area (TPSA) is 20.3 Å². The average Bonchev–Trinajstić information content (AvgIpc) is 3.00. The predicted octanol–water partition coefficient (Wildman–Crippen LogP) is 4.97. The lowest BCUT2D eigenvalue weighted by Crippen LogP contribution is -2.30. The van der Waals surface area contributed by atoms with Gasteiger partial charge in [-0.3, -0.25) is 4.79 Å². The zero-order chi connectivity index (χ0) is 14.8. The quantitative estimate of drug-likeness (QED) is 0.765. The number of amides is 1. The molecule has 0 aliphatic carbocycles. The van der Waals surface area contributed by atoms with Crippen LogP contribution in [-0.2, 0) is 0 Å². The summed E-state index contributed by atoms with van der Waals surface area (Å²) < 4.78 is 0. The van der Waals surface area contributed by atoms with E-state index in [1.165, 1.54) is 5.56 Å². The molecule has 0 saturated carbocycles. The van der Waals surface area contributed by atoms with Crippen LogP contribution in [0, 0.1) is 0 Å². The second-order valence-corrected chi connectivity index (χ2v) is 5.95. The largest absolute Gasteiger partial charge is 0.332 e. The van der Waals surface area contributed by atoms with E-state index in [9.17, 15) is 4.79 Å². The molecule has 1 fully saturated rings. The maximum atomic E-state index is 12.8. The molecule has 1 aliphatic heterocycles. The van der Waals surface area contributed by atoms with Gasteiger partial charge in [0.2, 0.25) is 0 Å². The summed E-state index contributed by atoms with van der Waals surface area (Å²) in [6.45, 7) is 0.751. The van der Waals surface area contributed by atoms with Gasteiger partial charge in [-0.2, -0.15) is 0 Å². The van der Waals surface area contributed by atoms with Gasteiger partial charge in [-0.25, -0.2) is 0 Å². The third-order valence-corrected chi connectivity index (χ3v) is 4.70. The van der Waals surface area contributed by atoms with Gasteiger partial charge in [0.05, 0.1) is 21.7 Å². The minimum atomic E-state index is -0.0474. The van der Waals surface area contributed by atoms with Gasteiger partial charge in [-0.1, -0.05) is 59.6 Å². The van der Waals surface area contributed by atoms with Crippen LogP contribution in [0.15, 0.2) is 48.5 Å². The van der Waals surface area contributed by atoms with Crippen molar-refractivity contribution in [3.05, 3.63) is 69.7 Å². The van der Waals surface area contributed by atoms with Crippen LogP contribution in [0.4, 0.5) is 0 Å². The van der Waals surface area contributed by atoms with Crippen molar-refractivity contribution in [2.75, 3.05) is 6.54 Å². The van der Waals surface area contributed by atoms with Crippen molar-refractivity contribution >= 4 is 29.1 Å². The fourth-order valence-electron chi connectivity index (χ4n) is 2.86. The third-order valence-electron chi connectivity index (χ3n) is 3.88. The van der Waals surface area contributed by atoms with E-state index in [1.807, 2.05) is 23.1 Å². The molecule has 1 amide bonds. The Hall–Kier alpha value is -1.51. The first-order chi connectivity index (χ1) is 10.2. The highest BCUT2D eigenvalue weighted by molar-refractivity contribution is 6.43. The lowest BCUT2D eigenvalue weighted by molar-refractivity contribution is 0.0736. The first-order valence-corrected chi connectivity index (χ1v) is 7.74. The molecule has 0 bridgehead atoms. The fourth-order valence-corrected chi connectivity index (χ4v) is 3.24. The Morgan fingerprint density at radius 2 is 1.81 bits per heavy atom. The third kappa shape index (κ3) is 2.78. The first kappa shape index (κ1) is 14.4. The van der Waals surface area contributed by atoms with Gasteiger partial charge in [0.25, 0.3) is 5.91 Å². The number of nitrogens with zero attached hydrogens (tertiary/aromatic N) is 1. The Bertz CT molecular complexity index is 657. The normalized spacial score (nSPS) is 18.0. The van der Waals surface area contributed by atoms with Crippen molar-refractivity contribution < 1.29 is 4.79 Å². The molecule has 0 radical (unpaired) electrons. The van der Waals surface area contributed by atoms with Crippen LogP contribution in [0.1, 0.15) is 34.8 Å². The molecule has 1 heterocycles. The highest BCUT2D eigenvalue weighted by atomic mass is 35.5. The van der Waals surface area contributed by atoms with Crippen molar-refractivity contribution in [3.8, 4) is 0 Å². The molecular weight excluding hydrogens is 305 g/mol. The number of carbonyl (C=O) groups excluding carboxylic acids is 1. The summed E-state index contributed by atoms with van der Waals surface area (Å²) in [5, 5.41) is 0.751. The summed E-state index contributed by atoms with van der Waals surface area (Å²) in [7, 11) is 0. The Balaban J connectivity index is 1.92. The van der Waals surface area contributed by atoms with E-state index in [0.29, 0.717) is 15.6 Å². The van der Waals surface area contributed by atoms with Crippen LogP contribution in [0.5, 0.6) is 0 Å². The molecule has 4 heteroatoms. The van der Waals surface area contributed by atoms with E-state index in [2.05, 4.69) is 12.1 Å². The van der Waals surface area contributed by atoms with Crippen LogP contribution >= 0.6 is 23.2 Å². The molecule has 1 unspecified atom stereocenters. The zero-order valence-electron chi connectivity index (χ0n) is 11.4. The van der Waals surface area contributed by atoms with Crippen molar-refractivity contribution in [1.29, 1.82) is 0 Å². The van der Waals surface area contributed by atoms with E-state index in [4.69, 9.17) is 23.2 Å². The second kappa shape index (κ2) is 6.08. The molecule has 21 heavy (non-hydrogen) atoms. The summed E-state index contributed by atoms with van der Waals surface area (Å²) in [5.41, 5.74) is 1.65. The van der Waals surface area contributed by atoms with Crippen LogP contribution in [-0.4, -0.2) is 17.4 Å². The van der Waals surface area contributed by atoms with Gasteiger partial charge in [-0.05, 0) is 30.5 Å². The van der Waals surface area contributed by atoms with Crippen LogP contribution in [0.2, 0.25) is 10.0 Å². The summed E-state index contributed by atoms with van der Waals surface area (Å²) in [4.78, 5) is 14.7. The monoisotopic (exact) mass is 319 g/mol. The van der Waals surface area contributed by atoms with E-state index in [-0.39, 0.29) is 11.9 Å². The van der Waals surface area contributed by atoms with Gasteiger partial charge in [0.15, 0.2) is 0 Å². The summed E-state index contributed by atoms with van der Waals surface area (Å²) in [6, 6.07) is 15.4. The molecule has 2 aromatic carbocycles. The molecule has 1 aliphatic rings. The lowest BCUT2D eigenvalue weighted by atomic mass is 10.0. The number of halogens is 2. The Morgan fingerprint density at radius 3 is 2.57 bits per heavy atom. The number of hydrogen-bond acceptors (Lipinski definition) is 1. The highest BCUT2D eigenvalue weighted by Crippen LogP contribution is 2.35. The molecule has 0 aromatic heterocycles. The molecular formula is C17H15Cl2NO. The molecule has 0 spiro atoms. The van der Waals surface area contributed by atoms with E-state index in [0.717, 1.165) is 19.4 Å².